The Morgan fingerprint density at radius 1 is 1.41 bits per heavy atom. The molecule has 0 aliphatic rings. The molecule has 0 bridgehead atoms. The Labute approximate surface area is 131 Å². The van der Waals surface area contributed by atoms with Crippen LogP contribution >= 0.6 is 11.8 Å². The molecule has 0 spiro atoms. The standard InChI is InChI=1S/C14H15N5O2S/c1-9-4-3-5-19-11(7-16-13(9)19)6-15-12(20)8-22-14-18-17-10(2)21-14/h3-5,7H,6,8H2,1-2H3,(H,15,20). The topological polar surface area (TPSA) is 85.3 Å². The summed E-state index contributed by atoms with van der Waals surface area (Å²) >= 11 is 1.22. The van der Waals surface area contributed by atoms with Gasteiger partial charge in [0.05, 0.1) is 24.2 Å². The Kier molecular flexibility index (Phi) is 4.10. The molecule has 0 aliphatic heterocycles. The second kappa shape index (κ2) is 6.18. The lowest BCUT2D eigenvalue weighted by Crippen LogP contribution is -2.25. The van der Waals surface area contributed by atoms with Gasteiger partial charge in [0.2, 0.25) is 11.8 Å². The highest BCUT2D eigenvalue weighted by Crippen LogP contribution is 2.15. The predicted molar refractivity (Wildman–Crippen MR) is 81.5 cm³/mol. The zero-order valence-corrected chi connectivity index (χ0v) is 13.1. The van der Waals surface area contributed by atoms with Crippen molar-refractivity contribution >= 4 is 23.3 Å². The van der Waals surface area contributed by atoms with E-state index in [2.05, 4.69) is 20.5 Å². The fourth-order valence-electron chi connectivity index (χ4n) is 2.04. The normalized spacial score (nSPS) is 11.0. The lowest BCUT2D eigenvalue weighted by atomic mass is 10.3. The summed E-state index contributed by atoms with van der Waals surface area (Å²) in [6.07, 6.45) is 3.71. The zero-order chi connectivity index (χ0) is 15.5. The highest BCUT2D eigenvalue weighted by atomic mass is 32.2. The fraction of sp³-hybridized carbons (Fsp3) is 0.286. The molecule has 0 fully saturated rings. The number of pyridine rings is 1. The van der Waals surface area contributed by atoms with Crippen LogP contribution in [0.1, 0.15) is 17.1 Å². The van der Waals surface area contributed by atoms with Crippen molar-refractivity contribution in [2.45, 2.75) is 25.6 Å². The van der Waals surface area contributed by atoms with Crippen LogP contribution in [0, 0.1) is 13.8 Å². The van der Waals surface area contributed by atoms with Gasteiger partial charge in [0.25, 0.3) is 5.22 Å². The molecule has 0 unspecified atom stereocenters. The molecule has 3 heterocycles. The number of thioether (sulfide) groups is 1. The Morgan fingerprint density at radius 2 is 2.27 bits per heavy atom. The molecular weight excluding hydrogens is 302 g/mol. The highest BCUT2D eigenvalue weighted by Gasteiger charge is 2.09. The minimum atomic E-state index is -0.0940. The van der Waals surface area contributed by atoms with Gasteiger partial charge in [-0.05, 0) is 18.6 Å². The molecule has 0 saturated heterocycles. The van der Waals surface area contributed by atoms with E-state index in [0.717, 1.165) is 16.9 Å². The maximum absolute atomic E-state index is 11.9. The zero-order valence-electron chi connectivity index (χ0n) is 12.2. The Hall–Kier alpha value is -2.35. The minimum Gasteiger partial charge on any atom is -0.416 e. The second-order valence-electron chi connectivity index (χ2n) is 4.79. The van der Waals surface area contributed by atoms with Crippen molar-refractivity contribution in [2.75, 3.05) is 5.75 Å². The van der Waals surface area contributed by atoms with E-state index in [9.17, 15) is 4.79 Å². The van der Waals surface area contributed by atoms with Crippen molar-refractivity contribution in [2.24, 2.45) is 0 Å². The lowest BCUT2D eigenvalue weighted by Gasteiger charge is -2.05. The van der Waals surface area contributed by atoms with E-state index in [1.165, 1.54) is 11.8 Å². The van der Waals surface area contributed by atoms with Gasteiger partial charge in [0, 0.05) is 13.1 Å². The van der Waals surface area contributed by atoms with E-state index in [1.54, 1.807) is 13.1 Å². The number of nitrogens with zero attached hydrogens (tertiary/aromatic N) is 4. The van der Waals surface area contributed by atoms with Crippen molar-refractivity contribution < 1.29 is 9.21 Å². The smallest absolute Gasteiger partial charge is 0.277 e. The van der Waals surface area contributed by atoms with Crippen LogP contribution in [-0.4, -0.2) is 31.2 Å². The summed E-state index contributed by atoms with van der Waals surface area (Å²) in [5, 5.41) is 10.8. The van der Waals surface area contributed by atoms with E-state index < -0.39 is 0 Å². The molecule has 3 rings (SSSR count). The number of hydrogen-bond acceptors (Lipinski definition) is 6. The van der Waals surface area contributed by atoms with Crippen molar-refractivity contribution in [3.63, 3.8) is 0 Å². The van der Waals surface area contributed by atoms with Crippen LogP contribution in [-0.2, 0) is 11.3 Å². The number of amides is 1. The van der Waals surface area contributed by atoms with E-state index in [1.807, 2.05) is 29.7 Å². The van der Waals surface area contributed by atoms with Crippen molar-refractivity contribution in [3.8, 4) is 0 Å². The summed E-state index contributed by atoms with van der Waals surface area (Å²) in [6.45, 7) is 4.14. The number of imidazole rings is 1. The third kappa shape index (κ3) is 3.11. The van der Waals surface area contributed by atoms with Crippen LogP contribution in [0.2, 0.25) is 0 Å². The molecule has 0 aliphatic carbocycles. The fourth-order valence-corrected chi connectivity index (χ4v) is 2.67. The third-order valence-corrected chi connectivity index (χ3v) is 3.93. The molecule has 1 amide bonds. The largest absolute Gasteiger partial charge is 0.416 e. The van der Waals surface area contributed by atoms with E-state index >= 15 is 0 Å². The first kappa shape index (κ1) is 14.6. The molecule has 22 heavy (non-hydrogen) atoms. The summed E-state index contributed by atoms with van der Waals surface area (Å²) in [6, 6.07) is 3.97. The number of aromatic nitrogens is 4. The third-order valence-electron chi connectivity index (χ3n) is 3.11. The lowest BCUT2D eigenvalue weighted by molar-refractivity contribution is -0.118. The molecular formula is C14H15N5O2S. The second-order valence-corrected chi connectivity index (χ2v) is 5.71. The van der Waals surface area contributed by atoms with Crippen molar-refractivity contribution in [1.82, 2.24) is 24.9 Å². The number of fused-ring (bicyclic) bond motifs is 1. The average molecular weight is 317 g/mol. The van der Waals surface area contributed by atoms with Gasteiger partial charge in [-0.3, -0.25) is 4.79 Å². The summed E-state index contributed by atoms with van der Waals surface area (Å²) in [7, 11) is 0. The van der Waals surface area contributed by atoms with Crippen LogP contribution in [0.15, 0.2) is 34.2 Å². The van der Waals surface area contributed by atoms with Gasteiger partial charge in [-0.1, -0.05) is 17.8 Å². The molecule has 1 N–H and O–H groups in total. The van der Waals surface area contributed by atoms with Gasteiger partial charge < -0.3 is 14.1 Å². The quantitative estimate of drug-likeness (QED) is 0.722. The predicted octanol–water partition coefficient (Wildman–Crippen LogP) is 1.74. The Balaban J connectivity index is 1.57. The maximum Gasteiger partial charge on any atom is 0.277 e. The van der Waals surface area contributed by atoms with Crippen molar-refractivity contribution in [1.29, 1.82) is 0 Å². The minimum absolute atomic E-state index is 0.0940. The van der Waals surface area contributed by atoms with Gasteiger partial charge in [0.15, 0.2) is 0 Å². The summed E-state index contributed by atoms with van der Waals surface area (Å²) in [5.74, 6) is 0.629. The van der Waals surface area contributed by atoms with Gasteiger partial charge in [-0.15, -0.1) is 10.2 Å². The Bertz CT molecular complexity index is 811. The summed E-state index contributed by atoms with van der Waals surface area (Å²) in [4.78, 5) is 16.2. The van der Waals surface area contributed by atoms with Crippen molar-refractivity contribution in [3.05, 3.63) is 41.7 Å². The van der Waals surface area contributed by atoms with Crippen LogP contribution in [0.25, 0.3) is 5.65 Å². The average Bonchev–Trinajstić information content (AvgIpc) is 3.10. The molecule has 0 aromatic carbocycles. The van der Waals surface area contributed by atoms with E-state index in [-0.39, 0.29) is 11.7 Å². The van der Waals surface area contributed by atoms with Gasteiger partial charge >= 0.3 is 0 Å². The van der Waals surface area contributed by atoms with Crippen LogP contribution < -0.4 is 5.32 Å². The number of aryl methyl sites for hydroxylation is 2. The van der Waals surface area contributed by atoms with Gasteiger partial charge in [0.1, 0.15) is 5.65 Å². The maximum atomic E-state index is 11.9. The summed E-state index contributed by atoms with van der Waals surface area (Å²) in [5.41, 5.74) is 2.94. The molecule has 114 valence electrons. The number of hydrogen-bond donors (Lipinski definition) is 1. The molecule has 3 aromatic rings. The molecule has 0 atom stereocenters. The molecule has 3 aromatic heterocycles. The molecule has 0 saturated carbocycles. The van der Waals surface area contributed by atoms with Crippen LogP contribution in [0.4, 0.5) is 0 Å². The number of carbonyl (C=O) groups excluding carboxylic acids is 1. The van der Waals surface area contributed by atoms with E-state index in [4.69, 9.17) is 4.42 Å². The number of carbonyl (C=O) groups is 1. The number of rotatable bonds is 5. The van der Waals surface area contributed by atoms with Gasteiger partial charge in [-0.2, -0.15) is 0 Å². The first-order valence-corrected chi connectivity index (χ1v) is 7.73. The molecule has 0 radical (unpaired) electrons. The van der Waals surface area contributed by atoms with Crippen LogP contribution in [0.3, 0.4) is 0 Å². The van der Waals surface area contributed by atoms with Gasteiger partial charge in [-0.25, -0.2) is 4.98 Å². The summed E-state index contributed by atoms with van der Waals surface area (Å²) < 4.78 is 7.18. The highest BCUT2D eigenvalue weighted by molar-refractivity contribution is 7.99. The first-order chi connectivity index (χ1) is 10.6. The SMILES string of the molecule is Cc1nnc(SCC(=O)NCc2cnc3c(C)cccn23)o1. The van der Waals surface area contributed by atoms with Crippen LogP contribution in [0.5, 0.6) is 0 Å². The molecule has 8 heteroatoms. The Morgan fingerprint density at radius 3 is 3.05 bits per heavy atom. The van der Waals surface area contributed by atoms with E-state index in [0.29, 0.717) is 17.7 Å². The monoisotopic (exact) mass is 317 g/mol. The number of nitrogens with one attached hydrogen (secondary N) is 1. The molecule has 7 nitrogen and oxygen atoms in total. The first-order valence-electron chi connectivity index (χ1n) is 6.74.